The Morgan fingerprint density at radius 2 is 1.54 bits per heavy atom. The molecule has 7 nitrogen and oxygen atoms in total. The Balaban J connectivity index is 0.00000156. The van der Waals surface area contributed by atoms with E-state index in [1.165, 1.54) is 18.3 Å². The van der Waals surface area contributed by atoms with Crippen molar-refractivity contribution in [3.05, 3.63) is 90.6 Å². The van der Waals surface area contributed by atoms with Crippen LogP contribution in [-0.4, -0.2) is 30.1 Å². The summed E-state index contributed by atoms with van der Waals surface area (Å²) in [5.41, 5.74) is 1.14. The molecule has 0 unspecified atom stereocenters. The summed E-state index contributed by atoms with van der Waals surface area (Å²) in [5, 5.41) is 5.28. The minimum Gasteiger partial charge on any atom is -0.493 e. The molecule has 0 spiro atoms. The van der Waals surface area contributed by atoms with Crippen molar-refractivity contribution in [3.8, 4) is 23.0 Å². The zero-order valence-electron chi connectivity index (χ0n) is 20.9. The molecule has 1 amide bonds. The van der Waals surface area contributed by atoms with Crippen LogP contribution in [0.1, 0.15) is 24.2 Å². The molecular weight excluding hydrogens is 473 g/mol. The Labute approximate surface area is 213 Å². The van der Waals surface area contributed by atoms with Gasteiger partial charge in [-0.2, -0.15) is 4.39 Å². The van der Waals surface area contributed by atoms with E-state index in [2.05, 4.69) is 15.3 Å². The quantitative estimate of drug-likeness (QED) is 0.253. The molecule has 0 fully saturated rings. The predicted octanol–water partition coefficient (Wildman–Crippen LogP) is 7.01. The number of hydrogen-bond donors (Lipinski definition) is 1. The fourth-order valence-corrected chi connectivity index (χ4v) is 3.78. The Morgan fingerprint density at radius 1 is 0.811 bits per heavy atom. The maximum Gasteiger partial charge on any atom is 0.260 e. The van der Waals surface area contributed by atoms with Crippen LogP contribution in [0.3, 0.4) is 0 Å². The summed E-state index contributed by atoms with van der Waals surface area (Å²) in [7, 11) is 3.15. The minimum absolute atomic E-state index is 0.116. The van der Waals surface area contributed by atoms with Gasteiger partial charge in [0.1, 0.15) is 11.5 Å². The summed E-state index contributed by atoms with van der Waals surface area (Å²) in [6.45, 7) is 4.00. The van der Waals surface area contributed by atoms with Crippen molar-refractivity contribution in [2.75, 3.05) is 19.5 Å². The molecule has 0 saturated carbocycles. The number of aromatic nitrogens is 2. The van der Waals surface area contributed by atoms with Crippen LogP contribution in [0.25, 0.3) is 21.7 Å². The number of carbonyl (C=O) groups excluding carboxylic acids is 1. The van der Waals surface area contributed by atoms with E-state index in [9.17, 15) is 9.18 Å². The predicted molar refractivity (Wildman–Crippen MR) is 142 cm³/mol. The molecule has 5 rings (SSSR count). The maximum absolute atomic E-state index is 13.8. The van der Waals surface area contributed by atoms with Crippen molar-refractivity contribution >= 4 is 33.3 Å². The number of rotatable bonds is 6. The molecule has 0 radical (unpaired) electrons. The molecule has 0 aliphatic carbocycles. The van der Waals surface area contributed by atoms with Gasteiger partial charge >= 0.3 is 0 Å². The van der Waals surface area contributed by atoms with E-state index in [1.54, 1.807) is 38.6 Å². The third-order valence-corrected chi connectivity index (χ3v) is 5.51. The summed E-state index contributed by atoms with van der Waals surface area (Å²) in [4.78, 5) is 20.3. The van der Waals surface area contributed by atoms with Crippen LogP contribution >= 0.6 is 0 Å². The third kappa shape index (κ3) is 5.43. The molecule has 2 heterocycles. The van der Waals surface area contributed by atoms with Gasteiger partial charge in [0.25, 0.3) is 5.91 Å². The minimum atomic E-state index is -0.813. The largest absolute Gasteiger partial charge is 0.493 e. The summed E-state index contributed by atoms with van der Waals surface area (Å²) < 4.78 is 30.8. The molecule has 0 bridgehead atoms. The average Bonchev–Trinajstić information content (AvgIpc) is 2.93. The Hall–Kier alpha value is -4.72. The molecule has 37 heavy (non-hydrogen) atoms. The first kappa shape index (κ1) is 25.4. The first-order valence-corrected chi connectivity index (χ1v) is 11.7. The van der Waals surface area contributed by atoms with Gasteiger partial charge in [0.2, 0.25) is 5.95 Å². The molecule has 5 aromatic rings. The van der Waals surface area contributed by atoms with Crippen LogP contribution in [0.5, 0.6) is 23.0 Å². The van der Waals surface area contributed by atoms with Crippen LogP contribution < -0.4 is 19.5 Å². The number of carbonyl (C=O) groups is 1. The van der Waals surface area contributed by atoms with E-state index in [4.69, 9.17) is 14.2 Å². The normalized spacial score (nSPS) is 10.4. The molecule has 188 valence electrons. The highest BCUT2D eigenvalue weighted by atomic mass is 19.1. The van der Waals surface area contributed by atoms with Crippen LogP contribution in [0, 0.1) is 5.95 Å². The number of ether oxygens (including phenoxy) is 3. The highest BCUT2D eigenvalue weighted by molar-refractivity contribution is 6.05. The van der Waals surface area contributed by atoms with Crippen LogP contribution in [0.4, 0.5) is 10.1 Å². The molecule has 8 heteroatoms. The Kier molecular flexibility index (Phi) is 7.78. The monoisotopic (exact) mass is 499 g/mol. The number of anilines is 1. The lowest BCUT2D eigenvalue weighted by molar-refractivity contribution is 0.102. The molecule has 0 aliphatic rings. The van der Waals surface area contributed by atoms with Crippen molar-refractivity contribution in [2.24, 2.45) is 0 Å². The van der Waals surface area contributed by atoms with Crippen molar-refractivity contribution in [1.82, 2.24) is 9.97 Å². The zero-order chi connectivity index (χ0) is 26.4. The first-order chi connectivity index (χ1) is 18.1. The molecular formula is C29H26FN3O4. The molecule has 3 aromatic carbocycles. The summed E-state index contributed by atoms with van der Waals surface area (Å²) in [6, 6.07) is 19.3. The van der Waals surface area contributed by atoms with Gasteiger partial charge < -0.3 is 19.5 Å². The Morgan fingerprint density at radius 3 is 2.30 bits per heavy atom. The third-order valence-electron chi connectivity index (χ3n) is 5.51. The van der Waals surface area contributed by atoms with Crippen LogP contribution in [0.2, 0.25) is 0 Å². The topological polar surface area (TPSA) is 82.6 Å². The Bertz CT molecular complexity index is 1570. The van der Waals surface area contributed by atoms with E-state index >= 15 is 0 Å². The van der Waals surface area contributed by atoms with E-state index in [1.807, 2.05) is 50.2 Å². The second-order valence-electron chi connectivity index (χ2n) is 7.66. The number of pyridine rings is 2. The second-order valence-corrected chi connectivity index (χ2v) is 7.66. The van der Waals surface area contributed by atoms with Crippen LogP contribution in [-0.2, 0) is 0 Å². The lowest BCUT2D eigenvalue weighted by Gasteiger charge is -2.13. The number of methoxy groups -OCH3 is 2. The van der Waals surface area contributed by atoms with Crippen molar-refractivity contribution in [3.63, 3.8) is 0 Å². The van der Waals surface area contributed by atoms with Gasteiger partial charge in [0.05, 0.1) is 25.3 Å². The SMILES string of the molecule is CC.COc1cc2nccc(Oc3ccc4cc(NC(=O)c5cccnc5F)ccc4c3)c2cc1OC. The summed E-state index contributed by atoms with van der Waals surface area (Å²) >= 11 is 0. The van der Waals surface area contributed by atoms with Crippen molar-refractivity contribution in [1.29, 1.82) is 0 Å². The van der Waals surface area contributed by atoms with E-state index in [0.29, 0.717) is 34.2 Å². The van der Waals surface area contributed by atoms with Gasteiger partial charge in [0, 0.05) is 29.5 Å². The number of amides is 1. The number of hydrogen-bond acceptors (Lipinski definition) is 6. The second kappa shape index (κ2) is 11.3. The molecule has 0 atom stereocenters. The molecule has 0 aliphatic heterocycles. The number of benzene rings is 3. The lowest BCUT2D eigenvalue weighted by Crippen LogP contribution is -2.14. The van der Waals surface area contributed by atoms with Crippen molar-refractivity contribution in [2.45, 2.75) is 13.8 Å². The van der Waals surface area contributed by atoms with Gasteiger partial charge in [-0.05, 0) is 59.3 Å². The highest BCUT2D eigenvalue weighted by Crippen LogP contribution is 2.37. The summed E-state index contributed by atoms with van der Waals surface area (Å²) in [6.07, 6.45) is 2.97. The van der Waals surface area contributed by atoms with Crippen molar-refractivity contribution < 1.29 is 23.4 Å². The lowest BCUT2D eigenvalue weighted by atomic mass is 10.1. The fourth-order valence-electron chi connectivity index (χ4n) is 3.78. The van der Waals surface area contributed by atoms with Gasteiger partial charge in [-0.15, -0.1) is 0 Å². The van der Waals surface area contributed by atoms with E-state index in [0.717, 1.165) is 16.2 Å². The number of halogens is 1. The zero-order valence-corrected chi connectivity index (χ0v) is 20.9. The van der Waals surface area contributed by atoms with Gasteiger partial charge in [0.15, 0.2) is 11.5 Å². The van der Waals surface area contributed by atoms with E-state index < -0.39 is 11.9 Å². The smallest absolute Gasteiger partial charge is 0.260 e. The molecule has 2 aromatic heterocycles. The van der Waals surface area contributed by atoms with Crippen LogP contribution in [0.15, 0.2) is 79.1 Å². The van der Waals surface area contributed by atoms with Gasteiger partial charge in [-0.1, -0.05) is 26.0 Å². The average molecular weight is 500 g/mol. The standard InChI is InChI=1S/C27H20FN3O4.C2H6/c1-33-24-14-21-22(15-25(24)34-2)29-11-9-23(21)35-19-8-6-16-12-18(7-5-17(16)13-19)31-27(32)20-4-3-10-30-26(20)28;1-2/h3-15H,1-2H3,(H,31,32);1-2H3. The fraction of sp³-hybridized carbons (Fsp3) is 0.138. The van der Waals surface area contributed by atoms with Gasteiger partial charge in [-0.3, -0.25) is 9.78 Å². The maximum atomic E-state index is 13.8. The summed E-state index contributed by atoms with van der Waals surface area (Å²) in [5.74, 6) is 1.05. The number of fused-ring (bicyclic) bond motifs is 2. The van der Waals surface area contributed by atoms with E-state index in [-0.39, 0.29) is 5.56 Å². The molecule has 1 N–H and O–H groups in total. The number of nitrogens with one attached hydrogen (secondary N) is 1. The van der Waals surface area contributed by atoms with Gasteiger partial charge in [-0.25, -0.2) is 4.98 Å². The highest BCUT2D eigenvalue weighted by Gasteiger charge is 2.14. The molecule has 0 saturated heterocycles. The first-order valence-electron chi connectivity index (χ1n) is 11.7. The number of nitrogens with zero attached hydrogens (tertiary/aromatic N) is 2.